The first-order valence-electron chi connectivity index (χ1n) is 6.74. The van der Waals surface area contributed by atoms with E-state index < -0.39 is 0 Å². The number of likely N-dealkylation sites (tertiary alicyclic amines) is 1. The van der Waals surface area contributed by atoms with Crippen molar-refractivity contribution >= 4 is 11.6 Å². The first-order valence-corrected chi connectivity index (χ1v) is 6.74. The number of carbonyl (C=O) groups is 1. The monoisotopic (exact) mass is 262 g/mol. The zero-order chi connectivity index (χ0) is 13.8. The van der Waals surface area contributed by atoms with Gasteiger partial charge in [-0.2, -0.15) is 0 Å². The second kappa shape index (κ2) is 6.02. The molecule has 19 heavy (non-hydrogen) atoms. The predicted molar refractivity (Wildman–Crippen MR) is 76.4 cm³/mol. The van der Waals surface area contributed by atoms with Crippen LogP contribution in [0.2, 0.25) is 0 Å². The zero-order valence-corrected chi connectivity index (χ0v) is 11.8. The topological polar surface area (TPSA) is 57.3 Å². The Balaban J connectivity index is 2.01. The number of piperidine rings is 1. The van der Waals surface area contributed by atoms with Gasteiger partial charge >= 0.3 is 0 Å². The molecule has 2 heterocycles. The summed E-state index contributed by atoms with van der Waals surface area (Å²) < 4.78 is 0. The largest absolute Gasteiger partial charge is 0.386 e. The smallest absolute Gasteiger partial charge is 0.253 e. The van der Waals surface area contributed by atoms with Gasteiger partial charge in [-0.1, -0.05) is 0 Å². The average molecular weight is 262 g/mol. The van der Waals surface area contributed by atoms with Crippen LogP contribution in [0.4, 0.5) is 5.69 Å². The van der Waals surface area contributed by atoms with Crippen molar-refractivity contribution < 1.29 is 4.79 Å². The van der Waals surface area contributed by atoms with Gasteiger partial charge in [-0.25, -0.2) is 0 Å². The van der Waals surface area contributed by atoms with Crippen LogP contribution in [-0.4, -0.2) is 48.5 Å². The molecule has 2 atom stereocenters. The van der Waals surface area contributed by atoms with Gasteiger partial charge < -0.3 is 15.5 Å². The van der Waals surface area contributed by atoms with Crippen LogP contribution < -0.4 is 10.6 Å². The van der Waals surface area contributed by atoms with Crippen molar-refractivity contribution in [3.8, 4) is 0 Å². The van der Waals surface area contributed by atoms with E-state index in [0.717, 1.165) is 25.1 Å². The first kappa shape index (κ1) is 13.8. The third kappa shape index (κ3) is 3.23. The van der Waals surface area contributed by atoms with E-state index >= 15 is 0 Å². The fourth-order valence-electron chi connectivity index (χ4n) is 2.48. The van der Waals surface area contributed by atoms with E-state index in [1.807, 2.05) is 0 Å². The lowest BCUT2D eigenvalue weighted by Gasteiger charge is -2.35. The summed E-state index contributed by atoms with van der Waals surface area (Å²) >= 11 is 0. The van der Waals surface area contributed by atoms with Crippen molar-refractivity contribution in [1.29, 1.82) is 0 Å². The van der Waals surface area contributed by atoms with Crippen LogP contribution in [0.1, 0.15) is 30.1 Å². The molecule has 0 spiro atoms. The number of aromatic nitrogens is 1. The number of hydrogen-bond acceptors (Lipinski definition) is 4. The Morgan fingerprint density at radius 1 is 1.53 bits per heavy atom. The van der Waals surface area contributed by atoms with E-state index in [0.29, 0.717) is 11.6 Å². The van der Waals surface area contributed by atoms with Gasteiger partial charge in [0, 0.05) is 31.9 Å². The highest BCUT2D eigenvalue weighted by atomic mass is 16.1. The normalized spacial score (nSPS) is 23.9. The van der Waals surface area contributed by atoms with E-state index in [2.05, 4.69) is 34.5 Å². The molecule has 5 nitrogen and oxygen atoms in total. The number of amides is 1. The molecular formula is C14H22N4O. The minimum absolute atomic E-state index is 0.0199. The van der Waals surface area contributed by atoms with Crippen LogP contribution in [0.15, 0.2) is 18.5 Å². The number of nitrogens with zero attached hydrogens (tertiary/aromatic N) is 2. The number of anilines is 1. The van der Waals surface area contributed by atoms with Crippen LogP contribution in [0.25, 0.3) is 0 Å². The molecule has 1 aliphatic rings. The Morgan fingerprint density at radius 2 is 2.32 bits per heavy atom. The molecule has 2 unspecified atom stereocenters. The van der Waals surface area contributed by atoms with Crippen molar-refractivity contribution in [2.45, 2.75) is 31.8 Å². The van der Waals surface area contributed by atoms with E-state index in [9.17, 15) is 4.79 Å². The molecule has 1 amide bonds. The Hall–Kier alpha value is -1.62. The van der Waals surface area contributed by atoms with Crippen molar-refractivity contribution in [2.75, 3.05) is 26.0 Å². The van der Waals surface area contributed by atoms with Gasteiger partial charge in [-0.05, 0) is 32.9 Å². The molecular weight excluding hydrogens is 240 g/mol. The maximum atomic E-state index is 12.3. The SMILES string of the molecule is CNc1cnccc1C(=O)NC1CCN(C)C(C)C1. The third-order valence-electron chi connectivity index (χ3n) is 3.88. The predicted octanol–water partition coefficient (Wildman–Crippen LogP) is 1.34. The highest BCUT2D eigenvalue weighted by Gasteiger charge is 2.24. The van der Waals surface area contributed by atoms with Crippen molar-refractivity contribution in [3.63, 3.8) is 0 Å². The lowest BCUT2D eigenvalue weighted by atomic mass is 9.98. The molecule has 2 N–H and O–H groups in total. The van der Waals surface area contributed by atoms with E-state index in [1.165, 1.54) is 0 Å². The Labute approximate surface area is 114 Å². The minimum atomic E-state index is -0.0199. The molecule has 104 valence electrons. The minimum Gasteiger partial charge on any atom is -0.386 e. The van der Waals surface area contributed by atoms with Crippen LogP contribution >= 0.6 is 0 Å². The lowest BCUT2D eigenvalue weighted by molar-refractivity contribution is 0.0897. The molecule has 1 aliphatic heterocycles. The molecule has 0 radical (unpaired) electrons. The molecule has 1 fully saturated rings. The third-order valence-corrected chi connectivity index (χ3v) is 3.88. The van der Waals surface area contributed by atoms with Gasteiger partial charge in [-0.15, -0.1) is 0 Å². The lowest BCUT2D eigenvalue weighted by Crippen LogP contribution is -2.47. The number of nitrogens with one attached hydrogen (secondary N) is 2. The van der Waals surface area contributed by atoms with Gasteiger partial charge in [-0.3, -0.25) is 9.78 Å². The summed E-state index contributed by atoms with van der Waals surface area (Å²) in [6.45, 7) is 3.23. The second-order valence-electron chi connectivity index (χ2n) is 5.20. The summed E-state index contributed by atoms with van der Waals surface area (Å²) in [6.07, 6.45) is 5.33. The highest BCUT2D eigenvalue weighted by molar-refractivity contribution is 5.99. The molecule has 0 aliphatic carbocycles. The maximum absolute atomic E-state index is 12.3. The Kier molecular flexibility index (Phi) is 4.37. The van der Waals surface area contributed by atoms with Gasteiger partial charge in [0.15, 0.2) is 0 Å². The Morgan fingerprint density at radius 3 is 3.00 bits per heavy atom. The fraction of sp³-hybridized carbons (Fsp3) is 0.571. The summed E-state index contributed by atoms with van der Waals surface area (Å²) in [6, 6.07) is 2.52. The van der Waals surface area contributed by atoms with E-state index in [-0.39, 0.29) is 11.9 Å². The highest BCUT2D eigenvalue weighted by Crippen LogP contribution is 2.17. The number of hydrogen-bond donors (Lipinski definition) is 2. The summed E-state index contributed by atoms with van der Waals surface area (Å²) in [7, 11) is 3.93. The van der Waals surface area contributed by atoms with Crippen LogP contribution in [0, 0.1) is 0 Å². The number of rotatable bonds is 3. The second-order valence-corrected chi connectivity index (χ2v) is 5.20. The molecule has 1 aromatic heterocycles. The molecule has 5 heteroatoms. The number of carbonyl (C=O) groups excluding carboxylic acids is 1. The summed E-state index contributed by atoms with van der Waals surface area (Å²) in [5.41, 5.74) is 1.42. The summed E-state index contributed by atoms with van der Waals surface area (Å²) in [4.78, 5) is 18.6. The summed E-state index contributed by atoms with van der Waals surface area (Å²) in [5, 5.41) is 6.13. The average Bonchev–Trinajstić information content (AvgIpc) is 2.43. The van der Waals surface area contributed by atoms with Crippen LogP contribution in [0.5, 0.6) is 0 Å². The van der Waals surface area contributed by atoms with Gasteiger partial charge in [0.25, 0.3) is 5.91 Å². The molecule has 2 rings (SSSR count). The molecule has 0 bridgehead atoms. The molecule has 1 aromatic rings. The van der Waals surface area contributed by atoms with Crippen LogP contribution in [0.3, 0.4) is 0 Å². The molecule has 0 saturated carbocycles. The van der Waals surface area contributed by atoms with Crippen molar-refractivity contribution in [2.24, 2.45) is 0 Å². The van der Waals surface area contributed by atoms with Gasteiger partial charge in [0.2, 0.25) is 0 Å². The standard InChI is InChI=1S/C14H22N4O/c1-10-8-11(5-7-18(10)3)17-14(19)12-4-6-16-9-13(12)15-2/h4,6,9-11,15H,5,7-8H2,1-3H3,(H,17,19). The van der Waals surface area contributed by atoms with E-state index in [4.69, 9.17) is 0 Å². The Bertz CT molecular complexity index is 449. The van der Waals surface area contributed by atoms with Gasteiger partial charge in [0.05, 0.1) is 17.4 Å². The summed E-state index contributed by atoms with van der Waals surface area (Å²) in [5.74, 6) is -0.0199. The van der Waals surface area contributed by atoms with Gasteiger partial charge in [0.1, 0.15) is 0 Å². The quantitative estimate of drug-likeness (QED) is 0.863. The molecule has 0 aromatic carbocycles. The van der Waals surface area contributed by atoms with E-state index in [1.54, 1.807) is 25.5 Å². The van der Waals surface area contributed by atoms with Crippen molar-refractivity contribution in [3.05, 3.63) is 24.0 Å². The van der Waals surface area contributed by atoms with Crippen LogP contribution in [-0.2, 0) is 0 Å². The van der Waals surface area contributed by atoms with Crippen molar-refractivity contribution in [1.82, 2.24) is 15.2 Å². The molecule has 1 saturated heterocycles. The zero-order valence-electron chi connectivity index (χ0n) is 11.8. The fourth-order valence-corrected chi connectivity index (χ4v) is 2.48. The first-order chi connectivity index (χ1) is 9.11. The number of pyridine rings is 1. The maximum Gasteiger partial charge on any atom is 0.253 e.